The number of hydrogen-bond acceptors (Lipinski definition) is 3. The number of nitrogens with two attached hydrogens (primary N) is 2. The van der Waals surface area contributed by atoms with E-state index in [1.807, 2.05) is 0 Å². The van der Waals surface area contributed by atoms with Gasteiger partial charge in [0.1, 0.15) is 0 Å². The third kappa shape index (κ3) is 151. The molecule has 0 spiro atoms. The summed E-state index contributed by atoms with van der Waals surface area (Å²) < 4.78 is 0. The molecule has 0 amide bonds. The molecule has 0 saturated carbocycles. The summed E-state index contributed by atoms with van der Waals surface area (Å²) in [5.74, 6) is -1.15. The number of carbonyl (C=O) groups is 1. The van der Waals surface area contributed by atoms with Gasteiger partial charge in [0.25, 0.3) is 5.97 Å². The van der Waals surface area contributed by atoms with E-state index in [4.69, 9.17) is 15.1 Å². The van der Waals surface area contributed by atoms with Gasteiger partial charge in [0.2, 0.25) is 5.96 Å². The molecule has 0 fully saturated rings. The van der Waals surface area contributed by atoms with Gasteiger partial charge in [0.15, 0.2) is 0 Å². The average molecular weight is 226 g/mol. The van der Waals surface area contributed by atoms with Crippen LogP contribution >= 0.6 is 0 Å². The van der Waals surface area contributed by atoms with Crippen LogP contribution in [0.25, 0.3) is 0 Å². The second-order valence-corrected chi connectivity index (χ2v) is 1.04. The summed E-state index contributed by atoms with van der Waals surface area (Å²) >= 11 is 0. The largest absolute Gasteiger partial charge is 0.481 e. The van der Waals surface area contributed by atoms with Crippen LogP contribution in [0.3, 0.4) is 0 Å². The fourth-order valence-electron chi connectivity index (χ4n) is 0. The number of guanidine groups is 1. The molecule has 0 heterocycles. The van der Waals surface area contributed by atoms with Gasteiger partial charge in [-0.3, -0.25) is 4.79 Å². The molecule has 0 saturated heterocycles. The summed E-state index contributed by atoms with van der Waals surface area (Å²) in [6, 6.07) is 0. The van der Waals surface area contributed by atoms with Crippen molar-refractivity contribution in [1.82, 2.24) is 0 Å². The van der Waals surface area contributed by atoms with Gasteiger partial charge in [-0.15, -0.1) is 0 Å². The van der Waals surface area contributed by atoms with E-state index in [1.165, 1.54) is 0 Å². The molecule has 0 aromatic rings. The second kappa shape index (κ2) is 11.3. The van der Waals surface area contributed by atoms with Crippen molar-refractivity contribution in [2.75, 3.05) is 0 Å². The topological polar surface area (TPSA) is 122 Å². The number of carboxylic acid groups (broad SMARTS) is 1. The maximum atomic E-state index is 9.00. The molecule has 0 atom stereocenters. The Labute approximate surface area is 77.0 Å². The normalized spacial score (nSPS) is 5.70. The van der Waals surface area contributed by atoms with Gasteiger partial charge in [-0.25, -0.2) is 0 Å². The predicted molar refractivity (Wildman–Crippen MR) is 30.9 cm³/mol. The molecule has 10 heavy (non-hydrogen) atoms. The zero-order chi connectivity index (χ0) is 7.86. The monoisotopic (exact) mass is 225 g/mol. The first-order chi connectivity index (χ1) is 4.00. The van der Waals surface area contributed by atoms with Gasteiger partial charge < -0.3 is 21.8 Å². The molecule has 7 heteroatoms. The Bertz CT molecular complexity index is 108. The van der Waals surface area contributed by atoms with Crippen molar-refractivity contribution in [1.29, 1.82) is 0 Å². The summed E-state index contributed by atoms with van der Waals surface area (Å²) in [4.78, 5) is 9.00. The molecule has 0 aliphatic rings. The van der Waals surface area contributed by atoms with Crippen LogP contribution in [-0.2, 0) is 31.0 Å². The maximum absolute atomic E-state index is 9.00. The van der Waals surface area contributed by atoms with Crippen LogP contribution in [0.4, 0.5) is 0 Å². The van der Waals surface area contributed by atoms with E-state index in [0.29, 0.717) is 0 Å². The van der Waals surface area contributed by atoms with E-state index in [1.54, 1.807) is 0 Å². The van der Waals surface area contributed by atoms with Crippen LogP contribution in [0, 0.1) is 0 Å². The quantitative estimate of drug-likeness (QED) is 0.178. The minimum absolute atomic E-state index is 0. The minimum atomic E-state index is -0.833. The molecular formula is C3H9N3O3Zr. The van der Waals surface area contributed by atoms with Crippen molar-refractivity contribution >= 4 is 11.9 Å². The summed E-state index contributed by atoms with van der Waals surface area (Å²) in [6.45, 7) is 1.08. The molecule has 0 rings (SSSR count). The molecule has 0 bridgehead atoms. The van der Waals surface area contributed by atoms with Crippen molar-refractivity contribution in [3.05, 3.63) is 0 Å². The number of hydrogen-bond donors (Lipinski definition) is 4. The van der Waals surface area contributed by atoms with E-state index in [-0.39, 0.29) is 32.2 Å². The van der Waals surface area contributed by atoms with E-state index < -0.39 is 5.97 Å². The Balaban J connectivity index is -0.0000000910. The molecule has 58 valence electrons. The van der Waals surface area contributed by atoms with Crippen LogP contribution in [0.5, 0.6) is 0 Å². The Morgan fingerprint density at radius 2 is 1.60 bits per heavy atom. The van der Waals surface area contributed by atoms with Crippen LogP contribution in [0.15, 0.2) is 5.16 Å². The number of rotatable bonds is 0. The third-order valence-electron chi connectivity index (χ3n) is 0.115. The summed E-state index contributed by atoms with van der Waals surface area (Å²) in [5.41, 5.74) is 9.14. The zero-order valence-corrected chi connectivity index (χ0v) is 7.86. The summed E-state index contributed by atoms with van der Waals surface area (Å²) in [7, 11) is 0. The third-order valence-corrected chi connectivity index (χ3v) is 0.115. The fraction of sp³-hybridized carbons (Fsp3) is 0.333. The molecule has 0 aromatic heterocycles. The molecule has 0 radical (unpaired) electrons. The van der Waals surface area contributed by atoms with Gasteiger partial charge in [0, 0.05) is 33.1 Å². The van der Waals surface area contributed by atoms with Gasteiger partial charge in [-0.2, -0.15) is 0 Å². The first-order valence-electron chi connectivity index (χ1n) is 1.93. The SMILES string of the molecule is CC(=O)O.NC(N)=NO.[Zr]. The minimum Gasteiger partial charge on any atom is -0.481 e. The molecule has 0 aromatic carbocycles. The second-order valence-electron chi connectivity index (χ2n) is 1.04. The molecular weight excluding hydrogens is 217 g/mol. The first kappa shape index (κ1) is 16.2. The average Bonchev–Trinajstić information content (AvgIpc) is 1.65. The number of carboxylic acids is 1. The molecule has 0 unspecified atom stereocenters. The Morgan fingerprint density at radius 3 is 1.60 bits per heavy atom. The van der Waals surface area contributed by atoms with Crippen LogP contribution < -0.4 is 11.5 Å². The Hall–Kier alpha value is -0.577. The standard InChI is InChI=1S/C2H4O2.CH5N3O.Zr/c1-2(3)4;2-1(3)4-5;/h1H3,(H,3,4);5H,(H4,2,3,4);. The molecule has 6 N–H and O–H groups in total. The van der Waals surface area contributed by atoms with Gasteiger partial charge >= 0.3 is 0 Å². The van der Waals surface area contributed by atoms with Crippen molar-refractivity contribution in [2.24, 2.45) is 16.6 Å². The van der Waals surface area contributed by atoms with E-state index in [0.717, 1.165) is 6.92 Å². The number of aliphatic carboxylic acids is 1. The van der Waals surface area contributed by atoms with Crippen LogP contribution in [0.2, 0.25) is 0 Å². The summed E-state index contributed by atoms with van der Waals surface area (Å²) in [5, 5.41) is 17.3. The van der Waals surface area contributed by atoms with Gasteiger partial charge in [-0.05, 0) is 0 Å². The summed E-state index contributed by atoms with van der Waals surface area (Å²) in [6.07, 6.45) is 0. The van der Waals surface area contributed by atoms with E-state index in [2.05, 4.69) is 16.6 Å². The Morgan fingerprint density at radius 1 is 1.50 bits per heavy atom. The van der Waals surface area contributed by atoms with Crippen molar-refractivity contribution in [3.8, 4) is 0 Å². The van der Waals surface area contributed by atoms with Crippen molar-refractivity contribution in [3.63, 3.8) is 0 Å². The Kier molecular flexibility index (Phi) is 18.2. The van der Waals surface area contributed by atoms with Crippen molar-refractivity contribution in [2.45, 2.75) is 6.92 Å². The van der Waals surface area contributed by atoms with Crippen LogP contribution in [-0.4, -0.2) is 22.2 Å². The van der Waals surface area contributed by atoms with Gasteiger partial charge in [-0.1, -0.05) is 5.16 Å². The number of oxime groups is 1. The molecule has 0 aliphatic heterocycles. The fourth-order valence-corrected chi connectivity index (χ4v) is 0. The maximum Gasteiger partial charge on any atom is 0.300 e. The van der Waals surface area contributed by atoms with Gasteiger partial charge in [0.05, 0.1) is 0 Å². The zero-order valence-electron chi connectivity index (χ0n) is 5.40. The van der Waals surface area contributed by atoms with Crippen LogP contribution in [0.1, 0.15) is 6.92 Å². The van der Waals surface area contributed by atoms with E-state index in [9.17, 15) is 0 Å². The predicted octanol–water partition coefficient (Wildman–Crippen LogP) is -1.26. The number of nitrogens with zero attached hydrogens (tertiary/aromatic N) is 1. The smallest absolute Gasteiger partial charge is 0.300 e. The molecule has 0 aliphatic carbocycles. The first-order valence-corrected chi connectivity index (χ1v) is 1.93. The van der Waals surface area contributed by atoms with Crippen molar-refractivity contribution < 1.29 is 41.3 Å². The van der Waals surface area contributed by atoms with E-state index >= 15 is 0 Å². The molecule has 6 nitrogen and oxygen atoms in total.